The van der Waals surface area contributed by atoms with Crippen LogP contribution in [-0.2, 0) is 6.54 Å². The summed E-state index contributed by atoms with van der Waals surface area (Å²) in [4.78, 5) is 0. The maximum absolute atomic E-state index is 13.2. The molecule has 3 nitrogen and oxygen atoms in total. The highest BCUT2D eigenvalue weighted by Gasteiger charge is 2.08. The summed E-state index contributed by atoms with van der Waals surface area (Å²) in [7, 11) is 0. The van der Waals surface area contributed by atoms with Crippen LogP contribution in [-0.4, -0.2) is 6.61 Å². The Morgan fingerprint density at radius 2 is 2.05 bits per heavy atom. The average Bonchev–Trinajstić information content (AvgIpc) is 2.51. The minimum atomic E-state index is -0.237. The van der Waals surface area contributed by atoms with Crippen molar-refractivity contribution >= 4 is 0 Å². The second-order valence-corrected chi connectivity index (χ2v) is 4.71. The van der Waals surface area contributed by atoms with Gasteiger partial charge in [0.2, 0.25) is 0 Å². The molecule has 21 heavy (non-hydrogen) atoms. The molecule has 0 saturated heterocycles. The van der Waals surface area contributed by atoms with Gasteiger partial charge in [0.15, 0.2) is 6.61 Å². The molecule has 0 fully saturated rings. The van der Waals surface area contributed by atoms with Crippen molar-refractivity contribution in [2.45, 2.75) is 19.5 Å². The van der Waals surface area contributed by atoms with Crippen molar-refractivity contribution in [1.29, 1.82) is 5.26 Å². The molecule has 0 aliphatic carbocycles. The van der Waals surface area contributed by atoms with Gasteiger partial charge in [-0.15, -0.1) is 0 Å². The summed E-state index contributed by atoms with van der Waals surface area (Å²) in [6, 6.07) is 16.1. The Kier molecular flexibility index (Phi) is 5.30. The van der Waals surface area contributed by atoms with Gasteiger partial charge in [-0.1, -0.05) is 30.3 Å². The summed E-state index contributed by atoms with van der Waals surface area (Å²) >= 11 is 0. The van der Waals surface area contributed by atoms with E-state index in [2.05, 4.69) is 5.32 Å². The predicted octanol–water partition coefficient (Wildman–Crippen LogP) is 3.58. The van der Waals surface area contributed by atoms with Crippen LogP contribution in [0.3, 0.4) is 0 Å². The summed E-state index contributed by atoms with van der Waals surface area (Å²) in [5.74, 6) is 0.455. The molecular formula is C17H17FN2O. The van der Waals surface area contributed by atoms with Crippen molar-refractivity contribution in [3.63, 3.8) is 0 Å². The molecule has 0 saturated carbocycles. The fourth-order valence-corrected chi connectivity index (χ4v) is 2.06. The Morgan fingerprint density at radius 1 is 1.24 bits per heavy atom. The molecule has 0 unspecified atom stereocenters. The minimum absolute atomic E-state index is 0.0183. The smallest absolute Gasteiger partial charge is 0.174 e. The second kappa shape index (κ2) is 7.41. The molecule has 1 N–H and O–H groups in total. The molecule has 108 valence electrons. The van der Waals surface area contributed by atoms with Crippen LogP contribution in [0.1, 0.15) is 24.1 Å². The third kappa shape index (κ3) is 4.30. The summed E-state index contributed by atoms with van der Waals surface area (Å²) in [6.45, 7) is 2.59. The highest BCUT2D eigenvalue weighted by Crippen LogP contribution is 2.20. The number of hydrogen-bond acceptors (Lipinski definition) is 3. The van der Waals surface area contributed by atoms with Gasteiger partial charge in [0, 0.05) is 18.2 Å². The van der Waals surface area contributed by atoms with Crippen molar-refractivity contribution in [2.24, 2.45) is 0 Å². The number of hydrogen-bond donors (Lipinski definition) is 1. The molecule has 4 heteroatoms. The summed E-state index contributed by atoms with van der Waals surface area (Å²) < 4.78 is 18.6. The number of nitrogens with zero attached hydrogens (tertiary/aromatic N) is 1. The maximum Gasteiger partial charge on any atom is 0.174 e. The van der Waals surface area contributed by atoms with Gasteiger partial charge in [0.05, 0.1) is 0 Å². The summed E-state index contributed by atoms with van der Waals surface area (Å²) in [6.07, 6.45) is 0. The zero-order chi connectivity index (χ0) is 15.1. The van der Waals surface area contributed by atoms with Crippen molar-refractivity contribution in [3.05, 3.63) is 65.5 Å². The van der Waals surface area contributed by atoms with Crippen LogP contribution in [0.2, 0.25) is 0 Å². The third-order valence-corrected chi connectivity index (χ3v) is 3.21. The number of nitriles is 1. The molecule has 0 bridgehead atoms. The van der Waals surface area contributed by atoms with Crippen molar-refractivity contribution in [1.82, 2.24) is 5.32 Å². The van der Waals surface area contributed by atoms with E-state index >= 15 is 0 Å². The van der Waals surface area contributed by atoms with Crippen LogP contribution in [0.15, 0.2) is 48.5 Å². The van der Waals surface area contributed by atoms with E-state index in [1.165, 1.54) is 12.1 Å². The minimum Gasteiger partial charge on any atom is -0.478 e. The summed E-state index contributed by atoms with van der Waals surface area (Å²) in [5.41, 5.74) is 1.86. The normalized spacial score (nSPS) is 11.7. The predicted molar refractivity (Wildman–Crippen MR) is 79.2 cm³/mol. The van der Waals surface area contributed by atoms with Crippen LogP contribution in [0.25, 0.3) is 0 Å². The van der Waals surface area contributed by atoms with Gasteiger partial charge in [0.1, 0.15) is 17.6 Å². The number of benzene rings is 2. The number of rotatable bonds is 6. The first-order chi connectivity index (χ1) is 10.2. The van der Waals surface area contributed by atoms with Crippen LogP contribution < -0.4 is 10.1 Å². The van der Waals surface area contributed by atoms with Gasteiger partial charge in [-0.25, -0.2) is 4.39 Å². The molecular weight excluding hydrogens is 267 g/mol. The second-order valence-electron chi connectivity index (χ2n) is 4.71. The largest absolute Gasteiger partial charge is 0.478 e. The topological polar surface area (TPSA) is 45.0 Å². The number of para-hydroxylation sites is 1. The van der Waals surface area contributed by atoms with Crippen LogP contribution in [0.5, 0.6) is 5.75 Å². The molecule has 0 aromatic heterocycles. The molecule has 0 heterocycles. The zero-order valence-corrected chi connectivity index (χ0v) is 11.8. The van der Waals surface area contributed by atoms with Crippen molar-refractivity contribution in [2.75, 3.05) is 6.61 Å². The first-order valence-corrected chi connectivity index (χ1v) is 6.77. The van der Waals surface area contributed by atoms with E-state index in [1.807, 2.05) is 43.3 Å². The molecule has 0 amide bonds. The lowest BCUT2D eigenvalue weighted by molar-refractivity contribution is 0.361. The van der Waals surface area contributed by atoms with E-state index in [-0.39, 0.29) is 18.5 Å². The van der Waals surface area contributed by atoms with Gasteiger partial charge in [-0.2, -0.15) is 5.26 Å². The van der Waals surface area contributed by atoms with Crippen molar-refractivity contribution in [3.8, 4) is 11.8 Å². The quantitative estimate of drug-likeness (QED) is 0.882. The fourth-order valence-electron chi connectivity index (χ4n) is 2.06. The highest BCUT2D eigenvalue weighted by atomic mass is 19.1. The molecule has 0 spiro atoms. The highest BCUT2D eigenvalue weighted by molar-refractivity contribution is 5.33. The van der Waals surface area contributed by atoms with E-state index in [0.29, 0.717) is 12.3 Å². The Bertz CT molecular complexity index is 637. The van der Waals surface area contributed by atoms with Crippen molar-refractivity contribution < 1.29 is 9.13 Å². The Balaban J connectivity index is 2.01. The third-order valence-electron chi connectivity index (χ3n) is 3.21. The lowest BCUT2D eigenvalue weighted by Gasteiger charge is -2.16. The molecule has 2 rings (SSSR count). The molecule has 0 radical (unpaired) electrons. The van der Waals surface area contributed by atoms with Gasteiger partial charge in [-0.3, -0.25) is 0 Å². The molecule has 2 aromatic rings. The Morgan fingerprint density at radius 3 is 2.81 bits per heavy atom. The van der Waals surface area contributed by atoms with Crippen LogP contribution >= 0.6 is 0 Å². The molecule has 0 aliphatic rings. The van der Waals surface area contributed by atoms with Crippen LogP contribution in [0.4, 0.5) is 4.39 Å². The average molecular weight is 284 g/mol. The summed E-state index contributed by atoms with van der Waals surface area (Å²) in [5, 5.41) is 11.9. The standard InChI is InChI=1S/C17H17FN2O/c1-13(14-6-4-7-16(18)11-14)20-12-15-5-2-3-8-17(15)21-10-9-19/h2-8,11,13,20H,10,12H2,1H3/t13-/m1/s1. The Hall–Kier alpha value is -2.38. The van der Waals surface area contributed by atoms with Gasteiger partial charge in [0.25, 0.3) is 0 Å². The van der Waals surface area contributed by atoms with Gasteiger partial charge < -0.3 is 10.1 Å². The number of halogens is 1. The lowest BCUT2D eigenvalue weighted by Crippen LogP contribution is -2.18. The molecule has 2 aromatic carbocycles. The van der Waals surface area contributed by atoms with Crippen LogP contribution in [0, 0.1) is 17.1 Å². The van der Waals surface area contributed by atoms with E-state index < -0.39 is 0 Å². The zero-order valence-electron chi connectivity index (χ0n) is 11.8. The molecule has 1 atom stereocenters. The molecule has 0 aliphatic heterocycles. The number of ether oxygens (including phenoxy) is 1. The maximum atomic E-state index is 13.2. The van der Waals surface area contributed by atoms with E-state index in [1.54, 1.807) is 6.07 Å². The van der Waals surface area contributed by atoms with E-state index in [4.69, 9.17) is 10.00 Å². The lowest BCUT2D eigenvalue weighted by atomic mass is 10.1. The SMILES string of the molecule is C[C@@H](NCc1ccccc1OCC#N)c1cccc(F)c1. The first kappa shape index (κ1) is 15.0. The van der Waals surface area contributed by atoms with Gasteiger partial charge in [-0.05, 0) is 30.7 Å². The Labute approximate surface area is 124 Å². The number of nitrogens with one attached hydrogen (secondary N) is 1. The van der Waals surface area contributed by atoms with E-state index in [0.717, 1.165) is 11.1 Å². The van der Waals surface area contributed by atoms with Gasteiger partial charge >= 0.3 is 0 Å². The van der Waals surface area contributed by atoms with E-state index in [9.17, 15) is 4.39 Å². The monoisotopic (exact) mass is 284 g/mol. The first-order valence-electron chi connectivity index (χ1n) is 6.77. The fraction of sp³-hybridized carbons (Fsp3) is 0.235.